The number of rotatable bonds is 5. The van der Waals surface area contributed by atoms with E-state index in [0.717, 1.165) is 25.1 Å². The molecule has 19 heavy (non-hydrogen) atoms. The van der Waals surface area contributed by atoms with E-state index in [9.17, 15) is 8.42 Å². The van der Waals surface area contributed by atoms with E-state index in [1.165, 1.54) is 0 Å². The number of sulfonamides is 1. The Hall–Kier alpha value is -0.950. The lowest BCUT2D eigenvalue weighted by Gasteiger charge is -2.12. The fourth-order valence-corrected chi connectivity index (χ4v) is 3.42. The summed E-state index contributed by atoms with van der Waals surface area (Å²) in [5.41, 5.74) is 6.42. The van der Waals surface area contributed by atoms with Crippen LogP contribution in [0.1, 0.15) is 12.0 Å². The Kier molecular flexibility index (Phi) is 4.57. The van der Waals surface area contributed by atoms with Crippen molar-refractivity contribution in [2.24, 2.45) is 11.7 Å². The molecule has 0 bridgehead atoms. The Morgan fingerprint density at radius 1 is 1.37 bits per heavy atom. The fourth-order valence-electron chi connectivity index (χ4n) is 2.31. The van der Waals surface area contributed by atoms with Gasteiger partial charge in [0.15, 0.2) is 0 Å². The van der Waals surface area contributed by atoms with E-state index in [-0.39, 0.29) is 0 Å². The second-order valence-electron chi connectivity index (χ2n) is 5.12. The maximum Gasteiger partial charge on any atom is 0.240 e. The predicted octanol–water partition coefficient (Wildman–Crippen LogP) is 0.375. The highest BCUT2D eigenvalue weighted by Crippen LogP contribution is 2.15. The third-order valence-electron chi connectivity index (χ3n) is 3.52. The number of nitrogens with zero attached hydrogens (tertiary/aromatic N) is 1. The topological polar surface area (TPSA) is 75.4 Å². The molecule has 0 aliphatic carbocycles. The van der Waals surface area contributed by atoms with Crippen LogP contribution in [0, 0.1) is 5.92 Å². The molecule has 0 spiro atoms. The van der Waals surface area contributed by atoms with Crippen molar-refractivity contribution in [2.75, 3.05) is 26.7 Å². The van der Waals surface area contributed by atoms with Gasteiger partial charge in [-0.15, -0.1) is 0 Å². The average molecular weight is 283 g/mol. The minimum Gasteiger partial charge on any atom is -0.326 e. The summed E-state index contributed by atoms with van der Waals surface area (Å²) in [7, 11) is -1.34. The van der Waals surface area contributed by atoms with Crippen LogP contribution >= 0.6 is 0 Å². The second kappa shape index (κ2) is 6.00. The Balaban J connectivity index is 1.97. The first-order chi connectivity index (χ1) is 9.01. The summed E-state index contributed by atoms with van der Waals surface area (Å²) in [6.45, 7) is 2.92. The van der Waals surface area contributed by atoms with Crippen molar-refractivity contribution in [3.8, 4) is 0 Å². The molecule has 0 saturated carbocycles. The normalized spacial score (nSPS) is 20.8. The zero-order valence-corrected chi connectivity index (χ0v) is 12.0. The van der Waals surface area contributed by atoms with Crippen molar-refractivity contribution in [1.82, 2.24) is 9.62 Å². The van der Waals surface area contributed by atoms with Crippen LogP contribution in [-0.4, -0.2) is 40.0 Å². The third kappa shape index (κ3) is 3.76. The molecule has 1 aliphatic heterocycles. The smallest absolute Gasteiger partial charge is 0.240 e. The highest BCUT2D eigenvalue weighted by atomic mass is 32.2. The molecule has 1 aromatic carbocycles. The van der Waals surface area contributed by atoms with E-state index >= 15 is 0 Å². The first kappa shape index (κ1) is 14.5. The van der Waals surface area contributed by atoms with Gasteiger partial charge in [-0.05, 0) is 43.6 Å². The Bertz CT molecular complexity index is 513. The molecule has 5 nitrogen and oxygen atoms in total. The van der Waals surface area contributed by atoms with Crippen LogP contribution in [0.5, 0.6) is 0 Å². The predicted molar refractivity (Wildman–Crippen MR) is 75.1 cm³/mol. The lowest BCUT2D eigenvalue weighted by Crippen LogP contribution is -2.30. The van der Waals surface area contributed by atoms with Gasteiger partial charge in [-0.3, -0.25) is 0 Å². The van der Waals surface area contributed by atoms with Crippen molar-refractivity contribution >= 4 is 10.0 Å². The van der Waals surface area contributed by atoms with Crippen molar-refractivity contribution in [1.29, 1.82) is 0 Å². The summed E-state index contributed by atoms with van der Waals surface area (Å²) in [4.78, 5) is 2.52. The molecule has 0 aromatic heterocycles. The first-order valence-corrected chi connectivity index (χ1v) is 7.97. The van der Waals surface area contributed by atoms with Crippen molar-refractivity contribution in [2.45, 2.75) is 17.9 Å². The molecule has 2 rings (SSSR count). The number of likely N-dealkylation sites (tertiary alicyclic amines) is 1. The maximum absolute atomic E-state index is 12.1. The van der Waals surface area contributed by atoms with Gasteiger partial charge in [-0.1, -0.05) is 12.1 Å². The highest BCUT2D eigenvalue weighted by molar-refractivity contribution is 7.89. The first-order valence-electron chi connectivity index (χ1n) is 6.48. The lowest BCUT2D eigenvalue weighted by molar-refractivity contribution is 0.394. The molecule has 3 N–H and O–H groups in total. The Morgan fingerprint density at radius 2 is 2.05 bits per heavy atom. The van der Waals surface area contributed by atoms with E-state index in [1.54, 1.807) is 24.3 Å². The summed E-state index contributed by atoms with van der Waals surface area (Å²) in [5.74, 6) is 0.406. The number of nitrogens with one attached hydrogen (secondary N) is 1. The summed E-state index contributed by atoms with van der Waals surface area (Å²) < 4.78 is 26.9. The van der Waals surface area contributed by atoms with Crippen molar-refractivity contribution < 1.29 is 8.42 Å². The average Bonchev–Trinajstić information content (AvgIpc) is 2.82. The van der Waals surface area contributed by atoms with Gasteiger partial charge in [-0.2, -0.15) is 0 Å². The van der Waals surface area contributed by atoms with Crippen molar-refractivity contribution in [3.63, 3.8) is 0 Å². The van der Waals surface area contributed by atoms with Crippen LogP contribution < -0.4 is 10.5 Å². The molecule has 106 valence electrons. The molecule has 1 saturated heterocycles. The van der Waals surface area contributed by atoms with Crippen LogP contribution in [0.15, 0.2) is 29.2 Å². The van der Waals surface area contributed by atoms with Gasteiger partial charge in [0.1, 0.15) is 0 Å². The van der Waals surface area contributed by atoms with Gasteiger partial charge in [0.05, 0.1) is 4.90 Å². The van der Waals surface area contributed by atoms with Crippen LogP contribution in [0.25, 0.3) is 0 Å². The SMILES string of the molecule is CN1CCC(CNS(=O)(=O)c2ccc(CN)cc2)C1. The fraction of sp³-hybridized carbons (Fsp3) is 0.538. The van der Waals surface area contributed by atoms with E-state index < -0.39 is 10.0 Å². The standard InChI is InChI=1S/C13H21N3O2S/c1-16-7-6-12(10-16)9-15-19(17,18)13-4-2-11(8-14)3-5-13/h2-5,12,15H,6-10,14H2,1H3. The van der Waals surface area contributed by atoms with E-state index in [4.69, 9.17) is 5.73 Å². The van der Waals surface area contributed by atoms with Crippen LogP contribution in [0.2, 0.25) is 0 Å². The van der Waals surface area contributed by atoms with Crippen LogP contribution in [0.4, 0.5) is 0 Å². The van der Waals surface area contributed by atoms with E-state index in [1.807, 2.05) is 0 Å². The van der Waals surface area contributed by atoms with E-state index in [0.29, 0.717) is 23.9 Å². The number of nitrogens with two attached hydrogens (primary N) is 1. The monoisotopic (exact) mass is 283 g/mol. The molecule has 1 fully saturated rings. The van der Waals surface area contributed by atoms with Crippen LogP contribution in [0.3, 0.4) is 0 Å². The largest absolute Gasteiger partial charge is 0.326 e. The quantitative estimate of drug-likeness (QED) is 0.819. The van der Waals surface area contributed by atoms with Gasteiger partial charge in [0.2, 0.25) is 10.0 Å². The Morgan fingerprint density at radius 3 is 2.58 bits per heavy atom. The summed E-state index contributed by atoms with van der Waals surface area (Å²) in [6, 6.07) is 6.70. The number of hydrogen-bond donors (Lipinski definition) is 2. The van der Waals surface area contributed by atoms with Gasteiger partial charge < -0.3 is 10.6 Å². The molecule has 1 atom stereocenters. The zero-order valence-electron chi connectivity index (χ0n) is 11.2. The van der Waals surface area contributed by atoms with E-state index in [2.05, 4.69) is 16.7 Å². The lowest BCUT2D eigenvalue weighted by atomic mass is 10.1. The molecular weight excluding hydrogens is 262 g/mol. The minimum atomic E-state index is -3.40. The summed E-state index contributed by atoms with van der Waals surface area (Å²) >= 11 is 0. The molecule has 1 unspecified atom stereocenters. The van der Waals surface area contributed by atoms with Gasteiger partial charge in [-0.25, -0.2) is 13.1 Å². The van der Waals surface area contributed by atoms with Gasteiger partial charge >= 0.3 is 0 Å². The Labute approximate surface area is 114 Å². The second-order valence-corrected chi connectivity index (χ2v) is 6.88. The maximum atomic E-state index is 12.1. The number of benzene rings is 1. The summed E-state index contributed by atoms with van der Waals surface area (Å²) in [6.07, 6.45) is 1.05. The molecule has 1 aromatic rings. The molecule has 6 heteroatoms. The van der Waals surface area contributed by atoms with Gasteiger partial charge in [0, 0.05) is 19.6 Å². The number of hydrogen-bond acceptors (Lipinski definition) is 4. The van der Waals surface area contributed by atoms with Gasteiger partial charge in [0.25, 0.3) is 0 Å². The van der Waals surface area contributed by atoms with Crippen LogP contribution in [-0.2, 0) is 16.6 Å². The van der Waals surface area contributed by atoms with Crippen molar-refractivity contribution in [3.05, 3.63) is 29.8 Å². The third-order valence-corrected chi connectivity index (χ3v) is 4.96. The highest BCUT2D eigenvalue weighted by Gasteiger charge is 2.22. The molecule has 1 heterocycles. The minimum absolute atomic E-state index is 0.302. The molecule has 0 radical (unpaired) electrons. The molecular formula is C13H21N3O2S. The molecule has 1 aliphatic rings. The molecule has 0 amide bonds. The zero-order chi connectivity index (χ0) is 13.9. The summed E-state index contributed by atoms with van der Waals surface area (Å²) in [5, 5.41) is 0.